The van der Waals surface area contributed by atoms with Gasteiger partial charge in [-0.3, -0.25) is 0 Å². The van der Waals surface area contributed by atoms with Crippen molar-refractivity contribution in [1.82, 2.24) is 4.72 Å². The molecule has 6 heteroatoms. The molecule has 0 unspecified atom stereocenters. The molecule has 0 aromatic rings. The van der Waals surface area contributed by atoms with Crippen LogP contribution in [0.15, 0.2) is 0 Å². The van der Waals surface area contributed by atoms with Gasteiger partial charge >= 0.3 is 0 Å². The zero-order chi connectivity index (χ0) is 12.1. The Hall–Kier alpha value is -0.170. The van der Waals surface area contributed by atoms with Crippen molar-refractivity contribution in [3.05, 3.63) is 0 Å². The first-order valence-electron chi connectivity index (χ1n) is 5.83. The number of rotatable bonds is 6. The second-order valence-corrected chi connectivity index (χ2v) is 6.21. The Morgan fingerprint density at radius 3 is 2.50 bits per heavy atom. The van der Waals surface area contributed by atoms with Gasteiger partial charge in [-0.2, -0.15) is 0 Å². The first-order chi connectivity index (χ1) is 7.54. The molecule has 1 heterocycles. The molecule has 96 valence electrons. The summed E-state index contributed by atoms with van der Waals surface area (Å²) in [6, 6.07) is 0. The van der Waals surface area contributed by atoms with Crippen LogP contribution in [-0.2, 0) is 14.8 Å². The van der Waals surface area contributed by atoms with E-state index < -0.39 is 15.6 Å². The van der Waals surface area contributed by atoms with Crippen LogP contribution >= 0.6 is 0 Å². The predicted octanol–water partition coefficient (Wildman–Crippen LogP) is 0.214. The summed E-state index contributed by atoms with van der Waals surface area (Å²) in [6.45, 7) is 3.46. The van der Waals surface area contributed by atoms with Crippen molar-refractivity contribution in [2.75, 3.05) is 25.5 Å². The Morgan fingerprint density at radius 1 is 1.38 bits per heavy atom. The molecule has 1 aliphatic heterocycles. The number of nitrogens with two attached hydrogens (primary N) is 1. The zero-order valence-electron chi connectivity index (χ0n) is 9.87. The maximum Gasteiger partial charge on any atom is 0.212 e. The quantitative estimate of drug-likeness (QED) is 0.706. The third kappa shape index (κ3) is 4.01. The lowest BCUT2D eigenvalue weighted by Crippen LogP contribution is -2.56. The molecular weight excluding hydrogens is 228 g/mol. The van der Waals surface area contributed by atoms with E-state index in [2.05, 4.69) is 4.72 Å². The van der Waals surface area contributed by atoms with E-state index in [4.69, 9.17) is 10.5 Å². The number of hydrogen-bond donors (Lipinski definition) is 2. The first kappa shape index (κ1) is 13.9. The minimum Gasteiger partial charge on any atom is -0.381 e. The Labute approximate surface area is 97.8 Å². The van der Waals surface area contributed by atoms with Crippen LogP contribution in [0.5, 0.6) is 0 Å². The highest BCUT2D eigenvalue weighted by atomic mass is 32.2. The first-order valence-corrected chi connectivity index (χ1v) is 7.48. The van der Waals surface area contributed by atoms with E-state index in [-0.39, 0.29) is 5.75 Å². The molecule has 0 aliphatic carbocycles. The molecule has 3 N–H and O–H groups in total. The molecule has 0 aromatic heterocycles. The van der Waals surface area contributed by atoms with E-state index in [1.165, 1.54) is 0 Å². The van der Waals surface area contributed by atoms with Crippen molar-refractivity contribution in [2.45, 2.75) is 38.1 Å². The summed E-state index contributed by atoms with van der Waals surface area (Å²) in [5, 5.41) is 0. The van der Waals surface area contributed by atoms with E-state index in [0.717, 1.165) is 6.42 Å². The smallest absolute Gasteiger partial charge is 0.212 e. The average Bonchev–Trinajstić information content (AvgIpc) is 2.27. The minimum atomic E-state index is -3.20. The van der Waals surface area contributed by atoms with Crippen LogP contribution in [0.25, 0.3) is 0 Å². The molecule has 0 spiro atoms. The molecule has 16 heavy (non-hydrogen) atoms. The summed E-state index contributed by atoms with van der Waals surface area (Å²) in [7, 11) is -3.20. The fourth-order valence-corrected chi connectivity index (χ4v) is 3.54. The van der Waals surface area contributed by atoms with E-state index in [9.17, 15) is 8.42 Å². The monoisotopic (exact) mass is 250 g/mol. The second kappa shape index (κ2) is 5.95. The molecule has 1 saturated heterocycles. The maximum atomic E-state index is 11.8. The number of nitrogens with one attached hydrogen (secondary N) is 1. The highest BCUT2D eigenvalue weighted by Crippen LogP contribution is 2.20. The molecule has 5 nitrogen and oxygen atoms in total. The van der Waals surface area contributed by atoms with E-state index in [0.29, 0.717) is 39.0 Å². The summed E-state index contributed by atoms with van der Waals surface area (Å²) in [5.74, 6) is 0.187. The SMILES string of the molecule is CCCCS(=O)(=O)NC1(CN)CCOCC1. The summed E-state index contributed by atoms with van der Waals surface area (Å²) in [6.07, 6.45) is 2.88. The van der Waals surface area contributed by atoms with Crippen molar-refractivity contribution in [1.29, 1.82) is 0 Å². The second-order valence-electron chi connectivity index (χ2n) is 4.37. The number of hydrogen-bond acceptors (Lipinski definition) is 4. The number of sulfonamides is 1. The Bertz CT molecular complexity index is 297. The van der Waals surface area contributed by atoms with E-state index in [1.54, 1.807) is 0 Å². The minimum absolute atomic E-state index is 0.187. The van der Waals surface area contributed by atoms with Crippen LogP contribution in [-0.4, -0.2) is 39.5 Å². The molecule has 1 rings (SSSR count). The lowest BCUT2D eigenvalue weighted by Gasteiger charge is -2.36. The molecular formula is C10H22N2O3S. The highest BCUT2D eigenvalue weighted by molar-refractivity contribution is 7.89. The highest BCUT2D eigenvalue weighted by Gasteiger charge is 2.34. The average molecular weight is 250 g/mol. The van der Waals surface area contributed by atoms with E-state index >= 15 is 0 Å². The Kier molecular flexibility index (Phi) is 5.17. The van der Waals surface area contributed by atoms with Crippen molar-refractivity contribution in [2.24, 2.45) is 5.73 Å². The van der Waals surface area contributed by atoms with Crippen molar-refractivity contribution in [3.8, 4) is 0 Å². The lowest BCUT2D eigenvalue weighted by molar-refractivity contribution is 0.0502. The van der Waals surface area contributed by atoms with Crippen LogP contribution in [0, 0.1) is 0 Å². The summed E-state index contributed by atoms with van der Waals surface area (Å²) >= 11 is 0. The largest absolute Gasteiger partial charge is 0.381 e. The topological polar surface area (TPSA) is 81.4 Å². The maximum absolute atomic E-state index is 11.8. The molecule has 0 bridgehead atoms. The van der Waals surface area contributed by atoms with Crippen LogP contribution in [0.1, 0.15) is 32.6 Å². The summed E-state index contributed by atoms with van der Waals surface area (Å²) in [5.41, 5.74) is 5.21. The fraction of sp³-hybridized carbons (Fsp3) is 1.00. The van der Waals surface area contributed by atoms with Crippen LogP contribution < -0.4 is 10.5 Å². The molecule has 1 fully saturated rings. The Balaban J connectivity index is 2.61. The van der Waals surface area contributed by atoms with Gasteiger partial charge in [0.25, 0.3) is 0 Å². The normalized spacial score (nSPS) is 20.9. The van der Waals surface area contributed by atoms with Crippen molar-refractivity contribution < 1.29 is 13.2 Å². The van der Waals surface area contributed by atoms with Crippen LogP contribution in [0.2, 0.25) is 0 Å². The van der Waals surface area contributed by atoms with Gasteiger partial charge in [0.1, 0.15) is 0 Å². The standard InChI is InChI=1S/C10H22N2O3S/c1-2-3-8-16(13,14)12-10(9-11)4-6-15-7-5-10/h12H,2-9,11H2,1H3. The van der Waals surface area contributed by atoms with Gasteiger partial charge in [0, 0.05) is 25.3 Å². The molecule has 1 aliphatic rings. The third-order valence-corrected chi connectivity index (χ3v) is 4.55. The van der Waals surface area contributed by atoms with Crippen molar-refractivity contribution >= 4 is 10.0 Å². The fourth-order valence-electron chi connectivity index (χ4n) is 1.83. The molecule has 0 atom stereocenters. The van der Waals surface area contributed by atoms with Gasteiger partial charge < -0.3 is 10.5 Å². The van der Waals surface area contributed by atoms with Gasteiger partial charge in [0.2, 0.25) is 10.0 Å². The van der Waals surface area contributed by atoms with Gasteiger partial charge in [-0.05, 0) is 19.3 Å². The van der Waals surface area contributed by atoms with E-state index in [1.807, 2.05) is 6.92 Å². The summed E-state index contributed by atoms with van der Waals surface area (Å²) < 4.78 is 31.6. The molecule has 0 saturated carbocycles. The molecule has 0 amide bonds. The van der Waals surface area contributed by atoms with Crippen molar-refractivity contribution in [3.63, 3.8) is 0 Å². The van der Waals surface area contributed by atoms with Crippen LogP contribution in [0.3, 0.4) is 0 Å². The Morgan fingerprint density at radius 2 is 2.00 bits per heavy atom. The van der Waals surface area contributed by atoms with Crippen LogP contribution in [0.4, 0.5) is 0 Å². The molecule has 0 radical (unpaired) electrons. The lowest BCUT2D eigenvalue weighted by atomic mass is 9.92. The van der Waals surface area contributed by atoms with Gasteiger partial charge in [-0.25, -0.2) is 13.1 Å². The van der Waals surface area contributed by atoms with Gasteiger partial charge in [0.15, 0.2) is 0 Å². The van der Waals surface area contributed by atoms with Gasteiger partial charge in [-0.15, -0.1) is 0 Å². The number of ether oxygens (including phenoxy) is 1. The summed E-state index contributed by atoms with van der Waals surface area (Å²) in [4.78, 5) is 0. The predicted molar refractivity (Wildman–Crippen MR) is 63.7 cm³/mol. The zero-order valence-corrected chi connectivity index (χ0v) is 10.7. The third-order valence-electron chi connectivity index (χ3n) is 2.98. The number of unbranched alkanes of at least 4 members (excludes halogenated alkanes) is 1. The molecule has 0 aromatic carbocycles. The van der Waals surface area contributed by atoms with Gasteiger partial charge in [-0.1, -0.05) is 13.3 Å². The van der Waals surface area contributed by atoms with Gasteiger partial charge in [0.05, 0.1) is 5.75 Å².